The predicted octanol–water partition coefficient (Wildman–Crippen LogP) is 7.31. The fourth-order valence-electron chi connectivity index (χ4n) is 3.43. The van der Waals surface area contributed by atoms with Gasteiger partial charge in [-0.05, 0) is 79.4 Å². The number of hydrogen-bond acceptors (Lipinski definition) is 4. The van der Waals surface area contributed by atoms with E-state index in [0.29, 0.717) is 34.7 Å². The number of anilines is 1. The minimum absolute atomic E-state index is 0.261. The number of carbonyl (C=O) groups is 1. The van der Waals surface area contributed by atoms with Crippen molar-refractivity contribution in [2.75, 3.05) is 11.9 Å². The minimum Gasteiger partial charge on any atom is -0.494 e. The maximum Gasteiger partial charge on any atom is 0.255 e. The lowest BCUT2D eigenvalue weighted by Gasteiger charge is -2.09. The molecule has 0 aliphatic rings. The molecule has 3 aromatic carbocycles. The molecular weight excluding hydrogens is 424 g/mol. The lowest BCUT2D eigenvalue weighted by molar-refractivity contribution is 0.102. The van der Waals surface area contributed by atoms with Crippen LogP contribution < -0.4 is 10.1 Å². The number of nitrogens with one attached hydrogen (secondary N) is 1. The molecule has 164 valence electrons. The fraction of sp³-hybridized carbons (Fsp3) is 0.231. The second kappa shape index (κ2) is 9.45. The van der Waals surface area contributed by atoms with Crippen LogP contribution >= 0.6 is 11.6 Å². The molecule has 32 heavy (non-hydrogen) atoms. The number of aromatic nitrogens is 1. The highest BCUT2D eigenvalue weighted by Gasteiger charge is 2.14. The summed E-state index contributed by atoms with van der Waals surface area (Å²) in [6.45, 7) is 6.85. The van der Waals surface area contributed by atoms with E-state index in [1.165, 1.54) is 5.56 Å². The average Bonchev–Trinajstić information content (AvgIpc) is 3.24. The van der Waals surface area contributed by atoms with Gasteiger partial charge < -0.3 is 14.5 Å². The summed E-state index contributed by atoms with van der Waals surface area (Å²) in [6.07, 6.45) is 1.06. The van der Waals surface area contributed by atoms with Gasteiger partial charge in [0.05, 0.1) is 17.3 Å². The van der Waals surface area contributed by atoms with Crippen molar-refractivity contribution >= 4 is 34.3 Å². The predicted molar refractivity (Wildman–Crippen MR) is 129 cm³/mol. The molecule has 4 rings (SSSR count). The van der Waals surface area contributed by atoms with E-state index in [1.807, 2.05) is 19.1 Å². The minimum atomic E-state index is -0.261. The highest BCUT2D eigenvalue weighted by Crippen LogP contribution is 2.32. The number of fused-ring (bicyclic) bond motifs is 1. The lowest BCUT2D eigenvalue weighted by Crippen LogP contribution is -2.12. The van der Waals surface area contributed by atoms with Gasteiger partial charge >= 0.3 is 0 Å². The summed E-state index contributed by atoms with van der Waals surface area (Å²) in [5.74, 6) is 1.40. The van der Waals surface area contributed by atoms with E-state index in [-0.39, 0.29) is 5.91 Å². The molecule has 1 N–H and O–H groups in total. The lowest BCUT2D eigenvalue weighted by atomic mass is 9.98. The van der Waals surface area contributed by atoms with Gasteiger partial charge in [0.15, 0.2) is 5.58 Å². The van der Waals surface area contributed by atoms with Crippen molar-refractivity contribution in [2.45, 2.75) is 33.1 Å². The average molecular weight is 449 g/mol. The molecule has 1 heterocycles. The maximum atomic E-state index is 12.7. The van der Waals surface area contributed by atoms with Gasteiger partial charge in [0.2, 0.25) is 5.89 Å². The molecule has 5 nitrogen and oxygen atoms in total. The normalized spacial score (nSPS) is 12.0. The number of nitrogens with zero attached hydrogens (tertiary/aromatic N) is 1. The van der Waals surface area contributed by atoms with Crippen LogP contribution in [0, 0.1) is 0 Å². The monoisotopic (exact) mass is 448 g/mol. The molecule has 0 fully saturated rings. The van der Waals surface area contributed by atoms with E-state index < -0.39 is 0 Å². The van der Waals surface area contributed by atoms with Crippen LogP contribution in [-0.4, -0.2) is 17.5 Å². The quantitative estimate of drug-likeness (QED) is 0.322. The molecule has 0 aliphatic heterocycles. The molecule has 1 amide bonds. The molecule has 1 aromatic heterocycles. The van der Waals surface area contributed by atoms with Crippen LogP contribution in [0.3, 0.4) is 0 Å². The van der Waals surface area contributed by atoms with Gasteiger partial charge in [-0.25, -0.2) is 4.98 Å². The Hall–Kier alpha value is -3.31. The highest BCUT2D eigenvalue weighted by atomic mass is 35.5. The zero-order valence-corrected chi connectivity index (χ0v) is 19.1. The zero-order valence-electron chi connectivity index (χ0n) is 18.3. The van der Waals surface area contributed by atoms with E-state index in [0.717, 1.165) is 28.8 Å². The van der Waals surface area contributed by atoms with E-state index >= 15 is 0 Å². The van der Waals surface area contributed by atoms with Crippen molar-refractivity contribution in [1.82, 2.24) is 4.98 Å². The smallest absolute Gasteiger partial charge is 0.255 e. The summed E-state index contributed by atoms with van der Waals surface area (Å²) in [4.78, 5) is 17.4. The van der Waals surface area contributed by atoms with Crippen LogP contribution in [0.1, 0.15) is 49.0 Å². The Morgan fingerprint density at radius 2 is 1.88 bits per heavy atom. The van der Waals surface area contributed by atoms with E-state index in [1.54, 1.807) is 36.4 Å². The van der Waals surface area contributed by atoms with Crippen molar-refractivity contribution in [2.24, 2.45) is 0 Å². The summed E-state index contributed by atoms with van der Waals surface area (Å²) >= 11 is 6.35. The molecule has 1 atom stereocenters. The summed E-state index contributed by atoms with van der Waals surface area (Å²) < 4.78 is 11.4. The molecule has 6 heteroatoms. The Morgan fingerprint density at radius 3 is 2.59 bits per heavy atom. The van der Waals surface area contributed by atoms with Crippen LogP contribution in [0.5, 0.6) is 5.75 Å². The summed E-state index contributed by atoms with van der Waals surface area (Å²) in [5, 5.41) is 3.31. The van der Waals surface area contributed by atoms with Crippen molar-refractivity contribution in [3.05, 3.63) is 76.8 Å². The molecule has 0 aliphatic carbocycles. The van der Waals surface area contributed by atoms with Gasteiger partial charge in [-0.1, -0.05) is 31.5 Å². The third kappa shape index (κ3) is 4.63. The Labute approximate surface area is 192 Å². The third-order valence-corrected chi connectivity index (χ3v) is 5.81. The molecule has 0 spiro atoms. The zero-order chi connectivity index (χ0) is 22.7. The number of ether oxygens (including phenoxy) is 1. The SMILES string of the molecule is CCOc1ccc(C(=O)Nc2cc(-c3nc4cc(C(C)CC)ccc4o3)ccc2Cl)cc1. The topological polar surface area (TPSA) is 64.4 Å². The largest absolute Gasteiger partial charge is 0.494 e. The number of carbonyl (C=O) groups excluding carboxylic acids is 1. The number of rotatable bonds is 7. The van der Waals surface area contributed by atoms with Crippen molar-refractivity contribution in [3.63, 3.8) is 0 Å². The molecule has 4 aromatic rings. The summed E-state index contributed by atoms with van der Waals surface area (Å²) in [7, 11) is 0. The Kier molecular flexibility index (Phi) is 6.47. The summed E-state index contributed by atoms with van der Waals surface area (Å²) in [5.41, 5.74) is 4.51. The van der Waals surface area contributed by atoms with Gasteiger partial charge in [-0.15, -0.1) is 0 Å². The standard InChI is InChI=1S/C26H25ClN2O3/c1-4-16(3)18-9-13-24-23(14-18)29-26(32-24)19-8-12-21(27)22(15-19)28-25(30)17-6-10-20(11-7-17)31-5-2/h6-16H,4-5H2,1-3H3,(H,28,30). The van der Waals surface area contributed by atoms with Gasteiger partial charge in [-0.2, -0.15) is 0 Å². The Morgan fingerprint density at radius 1 is 1.09 bits per heavy atom. The molecule has 0 saturated carbocycles. The number of amides is 1. The second-order valence-corrected chi connectivity index (χ2v) is 8.07. The first-order valence-corrected chi connectivity index (χ1v) is 11.1. The van der Waals surface area contributed by atoms with Crippen LogP contribution in [0.25, 0.3) is 22.6 Å². The van der Waals surface area contributed by atoms with Gasteiger partial charge in [0, 0.05) is 11.1 Å². The summed E-state index contributed by atoms with van der Waals surface area (Å²) in [6, 6.07) is 18.4. The van der Waals surface area contributed by atoms with Crippen molar-refractivity contribution < 1.29 is 13.9 Å². The van der Waals surface area contributed by atoms with Crippen molar-refractivity contribution in [1.29, 1.82) is 0 Å². The first-order chi connectivity index (χ1) is 15.5. The highest BCUT2D eigenvalue weighted by molar-refractivity contribution is 6.34. The number of hydrogen-bond donors (Lipinski definition) is 1. The number of oxazole rings is 1. The number of halogens is 1. The Bertz CT molecular complexity index is 1250. The van der Waals surface area contributed by atoms with Crippen LogP contribution in [0.4, 0.5) is 5.69 Å². The van der Waals surface area contributed by atoms with Crippen molar-refractivity contribution in [3.8, 4) is 17.2 Å². The van der Waals surface area contributed by atoms with Crippen LogP contribution in [0.2, 0.25) is 5.02 Å². The molecule has 0 saturated heterocycles. The second-order valence-electron chi connectivity index (χ2n) is 7.66. The van der Waals surface area contributed by atoms with Gasteiger partial charge in [-0.3, -0.25) is 4.79 Å². The molecule has 0 bridgehead atoms. The third-order valence-electron chi connectivity index (χ3n) is 5.48. The fourth-order valence-corrected chi connectivity index (χ4v) is 3.59. The maximum absolute atomic E-state index is 12.7. The van der Waals surface area contributed by atoms with Gasteiger partial charge in [0.1, 0.15) is 11.3 Å². The molecular formula is C26H25ClN2O3. The molecule has 1 unspecified atom stereocenters. The van der Waals surface area contributed by atoms with E-state index in [9.17, 15) is 4.79 Å². The number of benzene rings is 3. The van der Waals surface area contributed by atoms with E-state index in [2.05, 4.69) is 36.3 Å². The van der Waals surface area contributed by atoms with Gasteiger partial charge in [0.25, 0.3) is 5.91 Å². The Balaban J connectivity index is 1.59. The van der Waals surface area contributed by atoms with Crippen LogP contribution in [0.15, 0.2) is 65.1 Å². The first-order valence-electron chi connectivity index (χ1n) is 10.7. The van der Waals surface area contributed by atoms with E-state index in [4.69, 9.17) is 20.8 Å². The van der Waals surface area contributed by atoms with Crippen LogP contribution in [-0.2, 0) is 0 Å². The molecule has 0 radical (unpaired) electrons. The first kappa shape index (κ1) is 21.9.